The van der Waals surface area contributed by atoms with Crippen LogP contribution in [-0.4, -0.2) is 36.2 Å². The van der Waals surface area contributed by atoms with E-state index in [1.165, 1.54) is 18.2 Å². The molecule has 2 aromatic rings. The number of halogens is 1. The number of para-hydroxylation sites is 1. The summed E-state index contributed by atoms with van der Waals surface area (Å²) >= 11 is 0. The molecule has 0 aliphatic carbocycles. The van der Waals surface area contributed by atoms with Gasteiger partial charge in [-0.05, 0) is 48.2 Å². The molecule has 0 atom stereocenters. The molecule has 1 saturated heterocycles. The predicted molar refractivity (Wildman–Crippen MR) is 109 cm³/mol. The second-order valence-electron chi connectivity index (χ2n) is 7.00. The molecule has 3 rings (SSSR count). The molecule has 1 fully saturated rings. The van der Waals surface area contributed by atoms with E-state index in [9.17, 15) is 14.0 Å². The third-order valence-electron chi connectivity index (χ3n) is 4.94. The SMILES string of the molecule is O=C(C=Cc1ccccc1N1CCC(NC(=O)Cc2ccc(F)cc2)CC1)NO. The predicted octanol–water partition coefficient (Wildman–Crippen LogP) is 2.67. The van der Waals surface area contributed by atoms with Gasteiger partial charge in [-0.25, -0.2) is 9.87 Å². The third-order valence-corrected chi connectivity index (χ3v) is 4.94. The Morgan fingerprint density at radius 3 is 2.48 bits per heavy atom. The maximum Gasteiger partial charge on any atom is 0.267 e. The quantitative estimate of drug-likeness (QED) is 0.398. The van der Waals surface area contributed by atoms with E-state index in [1.807, 2.05) is 24.3 Å². The Morgan fingerprint density at radius 1 is 1.10 bits per heavy atom. The Bertz CT molecular complexity index is 875. The van der Waals surface area contributed by atoms with Crippen molar-refractivity contribution in [1.29, 1.82) is 0 Å². The summed E-state index contributed by atoms with van der Waals surface area (Å²) < 4.78 is 13.0. The molecule has 7 heteroatoms. The number of hydroxylamine groups is 1. The van der Waals surface area contributed by atoms with Gasteiger partial charge in [0.1, 0.15) is 5.82 Å². The molecular weight excluding hydrogens is 373 g/mol. The Balaban J connectivity index is 1.54. The molecule has 152 valence electrons. The summed E-state index contributed by atoms with van der Waals surface area (Å²) in [6.07, 6.45) is 4.80. The normalized spacial score (nSPS) is 14.8. The summed E-state index contributed by atoms with van der Waals surface area (Å²) in [6, 6.07) is 13.8. The second-order valence-corrected chi connectivity index (χ2v) is 7.00. The van der Waals surface area contributed by atoms with Crippen molar-refractivity contribution in [2.45, 2.75) is 25.3 Å². The van der Waals surface area contributed by atoms with Crippen molar-refractivity contribution in [1.82, 2.24) is 10.8 Å². The minimum Gasteiger partial charge on any atom is -0.371 e. The van der Waals surface area contributed by atoms with Gasteiger partial charge in [-0.15, -0.1) is 0 Å². The van der Waals surface area contributed by atoms with Crippen molar-refractivity contribution < 1.29 is 19.2 Å². The number of amides is 2. The van der Waals surface area contributed by atoms with Gasteiger partial charge in [0.2, 0.25) is 5.91 Å². The number of anilines is 1. The number of hydrogen-bond donors (Lipinski definition) is 3. The number of piperidine rings is 1. The van der Waals surface area contributed by atoms with E-state index in [1.54, 1.807) is 23.7 Å². The highest BCUT2D eigenvalue weighted by atomic mass is 19.1. The lowest BCUT2D eigenvalue weighted by Gasteiger charge is -2.34. The molecule has 29 heavy (non-hydrogen) atoms. The highest BCUT2D eigenvalue weighted by Crippen LogP contribution is 2.25. The van der Waals surface area contributed by atoms with Gasteiger partial charge in [-0.2, -0.15) is 0 Å². The summed E-state index contributed by atoms with van der Waals surface area (Å²) in [7, 11) is 0. The van der Waals surface area contributed by atoms with Crippen LogP contribution in [0.3, 0.4) is 0 Å². The summed E-state index contributed by atoms with van der Waals surface area (Å²) in [5.41, 5.74) is 4.26. The van der Waals surface area contributed by atoms with Crippen LogP contribution in [0.25, 0.3) is 6.08 Å². The molecule has 2 aromatic carbocycles. The largest absolute Gasteiger partial charge is 0.371 e. The van der Waals surface area contributed by atoms with Crippen LogP contribution in [0.5, 0.6) is 0 Å². The van der Waals surface area contributed by atoms with Gasteiger partial charge >= 0.3 is 0 Å². The Morgan fingerprint density at radius 2 is 1.79 bits per heavy atom. The van der Waals surface area contributed by atoms with Gasteiger partial charge in [-0.1, -0.05) is 30.3 Å². The van der Waals surface area contributed by atoms with Crippen LogP contribution in [0.4, 0.5) is 10.1 Å². The fourth-order valence-corrected chi connectivity index (χ4v) is 3.45. The van der Waals surface area contributed by atoms with Crippen molar-refractivity contribution in [3.8, 4) is 0 Å². The first kappa shape index (κ1) is 20.5. The number of nitrogens with one attached hydrogen (secondary N) is 2. The molecule has 0 bridgehead atoms. The van der Waals surface area contributed by atoms with Crippen LogP contribution in [0.15, 0.2) is 54.6 Å². The fourth-order valence-electron chi connectivity index (χ4n) is 3.45. The molecule has 6 nitrogen and oxygen atoms in total. The van der Waals surface area contributed by atoms with E-state index >= 15 is 0 Å². The number of carbonyl (C=O) groups is 2. The summed E-state index contributed by atoms with van der Waals surface area (Å²) in [6.45, 7) is 1.55. The molecule has 3 N–H and O–H groups in total. The molecule has 2 amide bonds. The van der Waals surface area contributed by atoms with Crippen molar-refractivity contribution >= 4 is 23.6 Å². The smallest absolute Gasteiger partial charge is 0.267 e. The molecule has 0 radical (unpaired) electrons. The molecule has 0 spiro atoms. The van der Waals surface area contributed by atoms with Gasteiger partial charge in [0.15, 0.2) is 0 Å². The van der Waals surface area contributed by atoms with Gasteiger partial charge in [-0.3, -0.25) is 14.8 Å². The Labute approximate surface area is 169 Å². The maximum absolute atomic E-state index is 13.0. The van der Waals surface area contributed by atoms with E-state index in [-0.39, 0.29) is 24.2 Å². The minimum atomic E-state index is -0.581. The van der Waals surface area contributed by atoms with E-state index in [2.05, 4.69) is 10.2 Å². The van der Waals surface area contributed by atoms with Gasteiger partial charge in [0, 0.05) is 30.9 Å². The Kier molecular flexibility index (Phi) is 6.97. The first-order valence-electron chi connectivity index (χ1n) is 9.55. The number of rotatable bonds is 6. The van der Waals surface area contributed by atoms with Crippen molar-refractivity contribution in [3.63, 3.8) is 0 Å². The van der Waals surface area contributed by atoms with E-state index < -0.39 is 5.91 Å². The molecule has 1 aliphatic heterocycles. The topological polar surface area (TPSA) is 81.7 Å². The lowest BCUT2D eigenvalue weighted by Crippen LogP contribution is -2.45. The third kappa shape index (κ3) is 5.89. The second kappa shape index (κ2) is 9.84. The van der Waals surface area contributed by atoms with Crippen LogP contribution < -0.4 is 15.7 Å². The average molecular weight is 397 g/mol. The number of hydrogen-bond acceptors (Lipinski definition) is 4. The van der Waals surface area contributed by atoms with E-state index in [4.69, 9.17) is 5.21 Å². The lowest BCUT2D eigenvalue weighted by molar-refractivity contribution is -0.124. The molecule has 0 unspecified atom stereocenters. The number of benzene rings is 2. The van der Waals surface area contributed by atoms with E-state index in [0.717, 1.165) is 42.7 Å². The van der Waals surface area contributed by atoms with Gasteiger partial charge in [0.25, 0.3) is 5.91 Å². The fraction of sp³-hybridized carbons (Fsp3) is 0.273. The van der Waals surface area contributed by atoms with Crippen LogP contribution in [-0.2, 0) is 16.0 Å². The zero-order chi connectivity index (χ0) is 20.6. The Hall–Kier alpha value is -3.19. The zero-order valence-corrected chi connectivity index (χ0v) is 16.0. The highest BCUT2D eigenvalue weighted by Gasteiger charge is 2.22. The molecule has 0 aromatic heterocycles. The van der Waals surface area contributed by atoms with Gasteiger partial charge in [0.05, 0.1) is 6.42 Å². The number of carbonyl (C=O) groups excluding carboxylic acids is 2. The summed E-state index contributed by atoms with van der Waals surface area (Å²) in [4.78, 5) is 25.7. The summed E-state index contributed by atoms with van der Waals surface area (Å²) in [5, 5.41) is 11.7. The number of nitrogens with zero attached hydrogens (tertiary/aromatic N) is 1. The maximum atomic E-state index is 13.0. The molecular formula is C22H24FN3O3. The molecule has 0 saturated carbocycles. The first-order valence-corrected chi connectivity index (χ1v) is 9.55. The van der Waals surface area contributed by atoms with Crippen LogP contribution in [0.2, 0.25) is 0 Å². The zero-order valence-electron chi connectivity index (χ0n) is 16.0. The van der Waals surface area contributed by atoms with Gasteiger partial charge < -0.3 is 10.2 Å². The van der Waals surface area contributed by atoms with Crippen molar-refractivity contribution in [2.75, 3.05) is 18.0 Å². The monoisotopic (exact) mass is 397 g/mol. The standard InChI is InChI=1S/C22H24FN3O3/c23-18-8-5-16(6-9-18)15-22(28)24-19-11-13-26(14-12-19)20-4-2-1-3-17(20)7-10-21(27)25-29/h1-10,19,29H,11-15H2,(H,24,28)(H,25,27). The average Bonchev–Trinajstić information content (AvgIpc) is 2.74. The first-order chi connectivity index (χ1) is 14.0. The van der Waals surface area contributed by atoms with Crippen molar-refractivity contribution in [2.24, 2.45) is 0 Å². The van der Waals surface area contributed by atoms with Crippen LogP contribution in [0, 0.1) is 5.82 Å². The van der Waals surface area contributed by atoms with Crippen LogP contribution >= 0.6 is 0 Å². The van der Waals surface area contributed by atoms with E-state index in [0.29, 0.717) is 0 Å². The molecule has 1 heterocycles. The lowest BCUT2D eigenvalue weighted by atomic mass is 10.0. The summed E-state index contributed by atoms with van der Waals surface area (Å²) in [5.74, 6) is -0.954. The molecule has 1 aliphatic rings. The minimum absolute atomic E-state index is 0.0617. The van der Waals surface area contributed by atoms with Crippen molar-refractivity contribution in [3.05, 3.63) is 71.6 Å². The van der Waals surface area contributed by atoms with Crippen LogP contribution in [0.1, 0.15) is 24.0 Å². The highest BCUT2D eigenvalue weighted by molar-refractivity contribution is 5.91.